The van der Waals surface area contributed by atoms with Gasteiger partial charge >= 0.3 is 0 Å². The van der Waals surface area contributed by atoms with Crippen molar-refractivity contribution in [1.82, 2.24) is 4.90 Å². The van der Waals surface area contributed by atoms with Gasteiger partial charge in [-0.2, -0.15) is 0 Å². The Balaban J connectivity index is 2.07. The van der Waals surface area contributed by atoms with Crippen LogP contribution in [0, 0.1) is 11.8 Å². The van der Waals surface area contributed by atoms with E-state index in [9.17, 15) is 4.79 Å². The van der Waals surface area contributed by atoms with Gasteiger partial charge < -0.3 is 9.64 Å². The zero-order chi connectivity index (χ0) is 15.6. The van der Waals surface area contributed by atoms with E-state index in [-0.39, 0.29) is 5.91 Å². The fourth-order valence-corrected chi connectivity index (χ4v) is 3.18. The van der Waals surface area contributed by atoms with Crippen molar-refractivity contribution in [1.29, 1.82) is 0 Å². The number of halogens is 1. The number of rotatable bonds is 3. The molecule has 0 unspecified atom stereocenters. The van der Waals surface area contributed by atoms with E-state index >= 15 is 0 Å². The van der Waals surface area contributed by atoms with Crippen LogP contribution in [0.4, 0.5) is 0 Å². The second kappa shape index (κ2) is 6.27. The lowest BCUT2D eigenvalue weighted by molar-refractivity contribution is -0.148. The van der Waals surface area contributed by atoms with Crippen molar-refractivity contribution >= 4 is 17.5 Å². The number of ether oxygens (including phenoxy) is 1. The lowest BCUT2D eigenvalue weighted by Gasteiger charge is -2.39. The van der Waals surface area contributed by atoms with Gasteiger partial charge in [-0.25, -0.2) is 0 Å². The summed E-state index contributed by atoms with van der Waals surface area (Å²) in [5.74, 6) is 1.81. The van der Waals surface area contributed by atoms with Crippen molar-refractivity contribution in [2.45, 2.75) is 39.7 Å². The second-order valence-electron chi connectivity index (χ2n) is 6.72. The van der Waals surface area contributed by atoms with Gasteiger partial charge in [0.2, 0.25) is 0 Å². The monoisotopic (exact) mass is 309 g/mol. The van der Waals surface area contributed by atoms with Crippen LogP contribution in [-0.4, -0.2) is 29.5 Å². The van der Waals surface area contributed by atoms with Crippen molar-refractivity contribution in [2.75, 3.05) is 13.1 Å². The highest BCUT2D eigenvalue weighted by molar-refractivity contribution is 6.30. The zero-order valence-electron chi connectivity index (χ0n) is 13.2. The van der Waals surface area contributed by atoms with Crippen molar-refractivity contribution in [3.8, 4) is 5.75 Å². The molecule has 1 aliphatic rings. The molecule has 2 rings (SSSR count). The van der Waals surface area contributed by atoms with Gasteiger partial charge in [0, 0.05) is 18.1 Å². The molecule has 21 heavy (non-hydrogen) atoms. The first kappa shape index (κ1) is 16.2. The molecule has 1 fully saturated rings. The fraction of sp³-hybridized carbons (Fsp3) is 0.588. The Bertz CT molecular complexity index is 488. The largest absolute Gasteiger partial charge is 0.478 e. The van der Waals surface area contributed by atoms with Gasteiger partial charge in [-0.15, -0.1) is 0 Å². The quantitative estimate of drug-likeness (QED) is 0.844. The van der Waals surface area contributed by atoms with Crippen LogP contribution in [0.2, 0.25) is 5.02 Å². The molecule has 2 atom stereocenters. The number of amides is 1. The summed E-state index contributed by atoms with van der Waals surface area (Å²) in [6.07, 6.45) is 1.18. The van der Waals surface area contributed by atoms with Gasteiger partial charge in [-0.3, -0.25) is 4.79 Å². The Morgan fingerprint density at radius 3 is 2.24 bits per heavy atom. The molecule has 1 heterocycles. The van der Waals surface area contributed by atoms with Crippen LogP contribution < -0.4 is 4.74 Å². The first-order chi connectivity index (χ1) is 9.78. The molecule has 1 aromatic rings. The maximum absolute atomic E-state index is 12.8. The van der Waals surface area contributed by atoms with Crippen molar-refractivity contribution < 1.29 is 9.53 Å². The smallest absolute Gasteiger partial charge is 0.266 e. The van der Waals surface area contributed by atoms with E-state index in [0.29, 0.717) is 22.6 Å². The van der Waals surface area contributed by atoms with E-state index in [0.717, 1.165) is 13.1 Å². The summed E-state index contributed by atoms with van der Waals surface area (Å²) in [5, 5.41) is 0.658. The Hall–Kier alpha value is -1.22. The first-order valence-corrected chi connectivity index (χ1v) is 7.89. The van der Waals surface area contributed by atoms with E-state index in [2.05, 4.69) is 13.8 Å². The maximum Gasteiger partial charge on any atom is 0.266 e. The SMILES string of the molecule is C[C@@H]1C[C@H](C)CN(C(=O)C(C)(C)Oc2ccc(Cl)cc2)C1. The summed E-state index contributed by atoms with van der Waals surface area (Å²) in [5.41, 5.74) is -0.870. The molecule has 3 nitrogen and oxygen atoms in total. The van der Waals surface area contributed by atoms with E-state index in [1.807, 2.05) is 18.7 Å². The first-order valence-electron chi connectivity index (χ1n) is 7.52. The van der Waals surface area contributed by atoms with Crippen LogP contribution in [0.15, 0.2) is 24.3 Å². The average molecular weight is 310 g/mol. The van der Waals surface area contributed by atoms with Crippen molar-refractivity contribution in [3.63, 3.8) is 0 Å². The van der Waals surface area contributed by atoms with Crippen LogP contribution >= 0.6 is 11.6 Å². The number of carbonyl (C=O) groups is 1. The summed E-state index contributed by atoms with van der Waals surface area (Å²) in [6, 6.07) is 7.11. The van der Waals surface area contributed by atoms with E-state index < -0.39 is 5.60 Å². The van der Waals surface area contributed by atoms with Crippen LogP contribution in [0.1, 0.15) is 34.1 Å². The van der Waals surface area contributed by atoms with Crippen LogP contribution in [0.3, 0.4) is 0 Å². The molecule has 0 spiro atoms. The Labute approximate surface area is 132 Å². The third-order valence-corrected chi connectivity index (χ3v) is 4.11. The zero-order valence-corrected chi connectivity index (χ0v) is 14.0. The Kier molecular flexibility index (Phi) is 4.82. The van der Waals surface area contributed by atoms with Crippen LogP contribution in [0.25, 0.3) is 0 Å². The minimum absolute atomic E-state index is 0.0517. The second-order valence-corrected chi connectivity index (χ2v) is 7.16. The number of benzene rings is 1. The van der Waals surface area contributed by atoms with E-state index in [1.54, 1.807) is 24.3 Å². The van der Waals surface area contributed by atoms with E-state index in [4.69, 9.17) is 16.3 Å². The summed E-state index contributed by atoms with van der Waals surface area (Å²) >= 11 is 5.87. The molecule has 0 aromatic heterocycles. The number of likely N-dealkylation sites (tertiary alicyclic amines) is 1. The third kappa shape index (κ3) is 4.13. The fourth-order valence-electron chi connectivity index (χ4n) is 3.05. The lowest BCUT2D eigenvalue weighted by atomic mass is 9.91. The van der Waals surface area contributed by atoms with Gasteiger partial charge in [0.1, 0.15) is 5.75 Å². The Morgan fingerprint density at radius 1 is 1.19 bits per heavy atom. The predicted molar refractivity (Wildman–Crippen MR) is 85.7 cm³/mol. The lowest BCUT2D eigenvalue weighted by Crippen LogP contribution is -2.53. The van der Waals surface area contributed by atoms with Crippen molar-refractivity contribution in [3.05, 3.63) is 29.3 Å². The van der Waals surface area contributed by atoms with Crippen molar-refractivity contribution in [2.24, 2.45) is 11.8 Å². The molecule has 1 saturated heterocycles. The number of piperidine rings is 1. The summed E-state index contributed by atoms with van der Waals surface area (Å²) in [7, 11) is 0. The summed E-state index contributed by atoms with van der Waals surface area (Å²) < 4.78 is 5.89. The Morgan fingerprint density at radius 2 is 1.71 bits per heavy atom. The van der Waals surface area contributed by atoms with Gasteiger partial charge in [0.05, 0.1) is 0 Å². The van der Waals surface area contributed by atoms with E-state index in [1.165, 1.54) is 6.42 Å². The molecular formula is C17H24ClNO2. The van der Waals surface area contributed by atoms with Gasteiger partial charge in [0.25, 0.3) is 5.91 Å². The standard InChI is InChI=1S/C17H24ClNO2/c1-12-9-13(2)11-19(10-12)16(20)17(3,4)21-15-7-5-14(18)6-8-15/h5-8,12-13H,9-11H2,1-4H3/t12-,13+. The maximum atomic E-state index is 12.8. The van der Waals surface area contributed by atoms with Gasteiger partial charge in [-0.05, 0) is 56.4 Å². The molecule has 0 saturated carbocycles. The molecule has 0 bridgehead atoms. The molecule has 1 amide bonds. The van der Waals surface area contributed by atoms with Crippen LogP contribution in [-0.2, 0) is 4.79 Å². The highest BCUT2D eigenvalue weighted by atomic mass is 35.5. The molecule has 1 aromatic carbocycles. The molecule has 0 N–H and O–H groups in total. The number of nitrogens with zero attached hydrogens (tertiary/aromatic N) is 1. The number of hydrogen-bond donors (Lipinski definition) is 0. The molecule has 0 radical (unpaired) electrons. The normalized spacial score (nSPS) is 23.0. The minimum atomic E-state index is -0.870. The molecular weight excluding hydrogens is 286 g/mol. The average Bonchev–Trinajstić information content (AvgIpc) is 2.39. The van der Waals surface area contributed by atoms with Gasteiger partial charge in [0.15, 0.2) is 5.60 Å². The highest BCUT2D eigenvalue weighted by Crippen LogP contribution is 2.26. The molecule has 0 aliphatic carbocycles. The van der Waals surface area contributed by atoms with Gasteiger partial charge in [-0.1, -0.05) is 25.4 Å². The predicted octanol–water partition coefficient (Wildman–Crippen LogP) is 4.00. The van der Waals surface area contributed by atoms with Crippen LogP contribution in [0.5, 0.6) is 5.75 Å². The summed E-state index contributed by atoms with van der Waals surface area (Å²) in [4.78, 5) is 14.7. The molecule has 4 heteroatoms. The number of hydrogen-bond acceptors (Lipinski definition) is 2. The third-order valence-electron chi connectivity index (χ3n) is 3.86. The molecule has 1 aliphatic heterocycles. The summed E-state index contributed by atoms with van der Waals surface area (Å²) in [6.45, 7) is 9.68. The highest BCUT2D eigenvalue weighted by Gasteiger charge is 2.37. The molecule has 116 valence electrons. The minimum Gasteiger partial charge on any atom is -0.478 e. The number of carbonyl (C=O) groups excluding carboxylic acids is 1. The topological polar surface area (TPSA) is 29.5 Å².